The molecule has 0 amide bonds. The smallest absolute Gasteiger partial charge is 0.358 e. The predicted molar refractivity (Wildman–Crippen MR) is 72.4 cm³/mol. The molecule has 2 N–H and O–H groups in total. The molecule has 0 fully saturated rings. The van der Waals surface area contributed by atoms with E-state index in [2.05, 4.69) is 10.1 Å². The van der Waals surface area contributed by atoms with Crippen LogP contribution in [0.2, 0.25) is 0 Å². The zero-order valence-corrected chi connectivity index (χ0v) is 10.9. The molecular weight excluding hydrogens is 276 g/mol. The number of aromatic hydroxyl groups is 1. The van der Waals surface area contributed by atoms with E-state index in [1.54, 1.807) is 31.4 Å². The van der Waals surface area contributed by atoms with Crippen LogP contribution in [0.25, 0.3) is 22.2 Å². The first-order valence-corrected chi connectivity index (χ1v) is 5.97. The van der Waals surface area contributed by atoms with Crippen molar-refractivity contribution in [2.24, 2.45) is 0 Å². The van der Waals surface area contributed by atoms with Crippen molar-refractivity contribution in [3.63, 3.8) is 0 Å². The Morgan fingerprint density at radius 3 is 2.62 bits per heavy atom. The third-order valence-electron chi connectivity index (χ3n) is 3.06. The van der Waals surface area contributed by atoms with Crippen LogP contribution in [0.4, 0.5) is 0 Å². The SMILES string of the molecule is COc1ccc(-c2noc3c(O)c(C(=O)O)ncc23)cc1. The summed E-state index contributed by atoms with van der Waals surface area (Å²) in [5.74, 6) is -1.18. The molecule has 0 saturated carbocycles. The number of fused-ring (bicyclic) bond motifs is 1. The molecular formula is C14H10N2O5. The number of carbonyl (C=O) groups is 1. The fraction of sp³-hybridized carbons (Fsp3) is 0.0714. The molecule has 0 aliphatic heterocycles. The van der Waals surface area contributed by atoms with Gasteiger partial charge in [0, 0.05) is 11.8 Å². The summed E-state index contributed by atoms with van der Waals surface area (Å²) in [6, 6.07) is 7.07. The molecule has 0 unspecified atom stereocenters. The number of hydrogen-bond acceptors (Lipinski definition) is 6. The molecule has 3 aromatic rings. The van der Waals surface area contributed by atoms with E-state index in [1.807, 2.05) is 0 Å². The minimum atomic E-state index is -1.34. The molecule has 1 aromatic carbocycles. The summed E-state index contributed by atoms with van der Waals surface area (Å²) in [6.07, 6.45) is 1.31. The van der Waals surface area contributed by atoms with Gasteiger partial charge >= 0.3 is 5.97 Å². The van der Waals surface area contributed by atoms with Crippen LogP contribution in [0, 0.1) is 0 Å². The minimum Gasteiger partial charge on any atom is -0.502 e. The molecule has 0 spiro atoms. The highest BCUT2D eigenvalue weighted by atomic mass is 16.5. The fourth-order valence-electron chi connectivity index (χ4n) is 2.00. The number of aromatic nitrogens is 2. The largest absolute Gasteiger partial charge is 0.502 e. The van der Waals surface area contributed by atoms with E-state index in [9.17, 15) is 9.90 Å². The molecule has 2 aromatic heterocycles. The number of aromatic carboxylic acids is 1. The van der Waals surface area contributed by atoms with Gasteiger partial charge in [-0.05, 0) is 24.3 Å². The second kappa shape index (κ2) is 4.78. The number of hydrogen-bond donors (Lipinski definition) is 2. The average Bonchev–Trinajstić information content (AvgIpc) is 2.92. The maximum Gasteiger partial charge on any atom is 0.358 e. The van der Waals surface area contributed by atoms with Crippen LogP contribution < -0.4 is 4.74 Å². The first kappa shape index (κ1) is 12.9. The van der Waals surface area contributed by atoms with E-state index < -0.39 is 17.4 Å². The Hall–Kier alpha value is -3.09. The lowest BCUT2D eigenvalue weighted by Gasteiger charge is -2.01. The summed E-state index contributed by atoms with van der Waals surface area (Å²) in [4.78, 5) is 14.6. The number of pyridine rings is 1. The lowest BCUT2D eigenvalue weighted by Crippen LogP contribution is -2.00. The maximum absolute atomic E-state index is 10.9. The van der Waals surface area contributed by atoms with Crippen LogP contribution in [-0.2, 0) is 0 Å². The van der Waals surface area contributed by atoms with E-state index in [4.69, 9.17) is 14.4 Å². The van der Waals surface area contributed by atoms with Gasteiger partial charge < -0.3 is 19.5 Å². The van der Waals surface area contributed by atoms with Gasteiger partial charge in [0.2, 0.25) is 5.58 Å². The summed E-state index contributed by atoms with van der Waals surface area (Å²) >= 11 is 0. The van der Waals surface area contributed by atoms with E-state index in [-0.39, 0.29) is 5.58 Å². The Labute approximate surface area is 118 Å². The van der Waals surface area contributed by atoms with Crippen LogP contribution in [-0.4, -0.2) is 33.4 Å². The number of carboxylic acid groups (broad SMARTS) is 1. The summed E-state index contributed by atoms with van der Waals surface area (Å²) in [5, 5.41) is 23.1. The van der Waals surface area contributed by atoms with Gasteiger partial charge in [-0.25, -0.2) is 9.78 Å². The highest BCUT2D eigenvalue weighted by Gasteiger charge is 2.20. The molecule has 0 bridgehead atoms. The van der Waals surface area contributed by atoms with E-state index >= 15 is 0 Å². The van der Waals surface area contributed by atoms with Crippen LogP contribution >= 0.6 is 0 Å². The van der Waals surface area contributed by atoms with Crippen molar-refractivity contribution in [2.75, 3.05) is 7.11 Å². The zero-order chi connectivity index (χ0) is 15.0. The molecule has 0 aliphatic rings. The number of rotatable bonds is 3. The maximum atomic E-state index is 10.9. The quantitative estimate of drug-likeness (QED) is 0.760. The third kappa shape index (κ3) is 2.04. The third-order valence-corrected chi connectivity index (χ3v) is 3.06. The van der Waals surface area contributed by atoms with Crippen LogP contribution in [0.3, 0.4) is 0 Å². The molecule has 0 atom stereocenters. The summed E-state index contributed by atoms with van der Waals surface area (Å²) < 4.78 is 10.1. The highest BCUT2D eigenvalue weighted by molar-refractivity contribution is 6.00. The first-order chi connectivity index (χ1) is 10.1. The standard InChI is InChI=1S/C14H10N2O5/c1-20-8-4-2-7(3-5-8)10-9-6-15-11(14(18)19)12(17)13(9)21-16-10/h2-6,17H,1H3,(H,18,19). The Morgan fingerprint density at radius 1 is 1.29 bits per heavy atom. The van der Waals surface area contributed by atoms with Crippen LogP contribution in [0.1, 0.15) is 10.5 Å². The molecule has 2 heterocycles. The lowest BCUT2D eigenvalue weighted by atomic mass is 10.1. The Morgan fingerprint density at radius 2 is 2.00 bits per heavy atom. The summed E-state index contributed by atoms with van der Waals surface area (Å²) in [5.41, 5.74) is 0.722. The lowest BCUT2D eigenvalue weighted by molar-refractivity contribution is 0.0687. The average molecular weight is 286 g/mol. The van der Waals surface area contributed by atoms with Crippen molar-refractivity contribution in [3.8, 4) is 22.8 Å². The van der Waals surface area contributed by atoms with Crippen LogP contribution in [0.15, 0.2) is 35.0 Å². The fourth-order valence-corrected chi connectivity index (χ4v) is 2.00. The Bertz CT molecular complexity index is 823. The molecule has 0 saturated heterocycles. The Balaban J connectivity index is 2.16. The van der Waals surface area contributed by atoms with Gasteiger partial charge in [-0.2, -0.15) is 0 Å². The van der Waals surface area contributed by atoms with E-state index in [1.165, 1.54) is 6.20 Å². The highest BCUT2D eigenvalue weighted by Crippen LogP contribution is 2.34. The number of ether oxygens (including phenoxy) is 1. The van der Waals surface area contributed by atoms with Gasteiger partial charge in [0.15, 0.2) is 11.4 Å². The van der Waals surface area contributed by atoms with Gasteiger partial charge in [0.05, 0.1) is 12.5 Å². The molecule has 0 radical (unpaired) electrons. The van der Waals surface area contributed by atoms with E-state index in [0.717, 1.165) is 5.56 Å². The molecule has 7 heteroatoms. The van der Waals surface area contributed by atoms with Gasteiger partial charge in [-0.15, -0.1) is 0 Å². The zero-order valence-electron chi connectivity index (χ0n) is 10.9. The van der Waals surface area contributed by atoms with Crippen molar-refractivity contribution in [1.29, 1.82) is 0 Å². The minimum absolute atomic E-state index is 0.00628. The molecule has 7 nitrogen and oxygen atoms in total. The number of carboxylic acids is 1. The normalized spacial score (nSPS) is 10.7. The summed E-state index contributed by atoms with van der Waals surface area (Å²) in [6.45, 7) is 0. The number of methoxy groups -OCH3 is 1. The van der Waals surface area contributed by atoms with Crippen molar-refractivity contribution in [1.82, 2.24) is 10.1 Å². The monoisotopic (exact) mass is 286 g/mol. The van der Waals surface area contributed by atoms with Gasteiger partial charge in [-0.1, -0.05) is 5.16 Å². The molecule has 3 rings (SSSR count). The second-order valence-electron chi connectivity index (χ2n) is 4.26. The number of benzene rings is 1. The van der Waals surface area contributed by atoms with E-state index in [0.29, 0.717) is 16.8 Å². The molecule has 0 aliphatic carbocycles. The van der Waals surface area contributed by atoms with Crippen molar-refractivity contribution in [2.45, 2.75) is 0 Å². The van der Waals surface area contributed by atoms with Gasteiger partial charge in [-0.3, -0.25) is 0 Å². The van der Waals surface area contributed by atoms with Gasteiger partial charge in [0.25, 0.3) is 0 Å². The molecule has 106 valence electrons. The predicted octanol–water partition coefficient (Wildman–Crippen LogP) is 2.30. The molecule has 21 heavy (non-hydrogen) atoms. The first-order valence-electron chi connectivity index (χ1n) is 5.97. The van der Waals surface area contributed by atoms with Crippen molar-refractivity contribution >= 4 is 16.9 Å². The van der Waals surface area contributed by atoms with Gasteiger partial charge in [0.1, 0.15) is 11.4 Å². The van der Waals surface area contributed by atoms with Crippen molar-refractivity contribution < 1.29 is 24.3 Å². The number of nitrogens with zero attached hydrogens (tertiary/aromatic N) is 2. The Kier molecular flexibility index (Phi) is 2.94. The summed E-state index contributed by atoms with van der Waals surface area (Å²) in [7, 11) is 1.57. The van der Waals surface area contributed by atoms with Crippen LogP contribution in [0.5, 0.6) is 11.5 Å². The van der Waals surface area contributed by atoms with Crippen molar-refractivity contribution in [3.05, 3.63) is 36.2 Å². The topological polar surface area (TPSA) is 106 Å². The second-order valence-corrected chi connectivity index (χ2v) is 4.26.